The molecule has 0 radical (unpaired) electrons. The smallest absolute Gasteiger partial charge is 0.469 e. The van der Waals surface area contributed by atoms with E-state index in [1.807, 2.05) is 0 Å². The first-order valence-electron chi connectivity index (χ1n) is 16.1. The Morgan fingerprint density at radius 2 is 1.62 bits per heavy atom. The fourth-order valence-corrected chi connectivity index (χ4v) is 6.47. The number of esters is 1. The number of benzene rings is 1. The van der Waals surface area contributed by atoms with Gasteiger partial charge in [0.2, 0.25) is 5.91 Å². The second-order valence-corrected chi connectivity index (χ2v) is 15.2. The van der Waals surface area contributed by atoms with Crippen LogP contribution in [-0.4, -0.2) is 68.0 Å². The van der Waals surface area contributed by atoms with Crippen molar-refractivity contribution < 1.29 is 49.1 Å². The molecule has 0 aliphatic rings. The van der Waals surface area contributed by atoms with E-state index >= 15 is 0 Å². The average Bonchev–Trinajstić information content (AvgIpc) is 3.00. The molecule has 2 aromatic heterocycles. The molecule has 2 heterocycles. The Labute approximate surface area is 307 Å². The Balaban J connectivity index is 2.12. The molecule has 0 aliphatic carbocycles. The molecule has 0 bridgehead atoms. The van der Waals surface area contributed by atoms with Gasteiger partial charge < -0.3 is 19.5 Å². The van der Waals surface area contributed by atoms with E-state index in [9.17, 15) is 49.1 Å². The lowest BCUT2D eigenvalue weighted by Crippen LogP contribution is -2.41. The van der Waals surface area contributed by atoms with Crippen LogP contribution in [0.3, 0.4) is 0 Å². The quantitative estimate of drug-likeness (QED) is 0.106. The maximum absolute atomic E-state index is 14.1. The van der Waals surface area contributed by atoms with Crippen molar-refractivity contribution in [1.82, 2.24) is 19.8 Å². The minimum absolute atomic E-state index is 0.0201. The SMILES string of the molecule is COC(=O)C[C@H](NC(=O)C(CC(C)C)n1cc(CCN(C)C)c(C(F)(F)F)cc1=O)c1cc(-c2c(C)cc(NS(=O)(=O)C(F)(F)F)cc2C)cc(Cl)n1. The molecule has 1 amide bonds. The molecule has 0 aliphatic heterocycles. The van der Waals surface area contributed by atoms with Crippen molar-refractivity contribution in [2.45, 2.75) is 70.7 Å². The number of nitrogens with one attached hydrogen (secondary N) is 2. The third kappa shape index (κ3) is 11.2. The number of hydrogen-bond acceptors (Lipinski definition) is 8. The number of likely N-dealkylation sites (N-methyl/N-ethyl adjacent to an activating group) is 1. The van der Waals surface area contributed by atoms with Crippen molar-refractivity contribution in [2.24, 2.45) is 5.92 Å². The summed E-state index contributed by atoms with van der Waals surface area (Å²) in [7, 11) is -1.25. The van der Waals surface area contributed by atoms with Gasteiger partial charge in [0.25, 0.3) is 5.56 Å². The van der Waals surface area contributed by atoms with Crippen LogP contribution < -0.4 is 15.6 Å². The van der Waals surface area contributed by atoms with Gasteiger partial charge in [-0.3, -0.25) is 19.1 Å². The van der Waals surface area contributed by atoms with E-state index in [1.165, 1.54) is 42.8 Å². The molecule has 2 atom stereocenters. The van der Waals surface area contributed by atoms with E-state index in [1.54, 1.807) is 32.8 Å². The maximum atomic E-state index is 14.1. The van der Waals surface area contributed by atoms with Crippen LogP contribution in [0, 0.1) is 19.8 Å². The van der Waals surface area contributed by atoms with Crippen LogP contribution in [0.2, 0.25) is 5.15 Å². The van der Waals surface area contributed by atoms with Crippen LogP contribution in [-0.2, 0) is 36.9 Å². The zero-order valence-corrected chi connectivity index (χ0v) is 31.4. The zero-order chi connectivity index (χ0) is 40.2. The van der Waals surface area contributed by atoms with Gasteiger partial charge in [-0.1, -0.05) is 25.4 Å². The summed E-state index contributed by atoms with van der Waals surface area (Å²) >= 11 is 6.40. The van der Waals surface area contributed by atoms with Gasteiger partial charge in [-0.25, -0.2) is 4.98 Å². The topological polar surface area (TPSA) is 140 Å². The predicted octanol–water partition coefficient (Wildman–Crippen LogP) is 6.57. The predicted molar refractivity (Wildman–Crippen MR) is 187 cm³/mol. The number of alkyl halides is 6. The zero-order valence-electron chi connectivity index (χ0n) is 29.9. The molecule has 19 heteroatoms. The van der Waals surface area contributed by atoms with Gasteiger partial charge >= 0.3 is 27.7 Å². The highest BCUT2D eigenvalue weighted by Crippen LogP contribution is 2.36. The highest BCUT2D eigenvalue weighted by Gasteiger charge is 2.46. The number of carbonyl (C=O) groups is 2. The van der Waals surface area contributed by atoms with E-state index in [-0.39, 0.29) is 47.4 Å². The molecular weight excluding hydrogens is 756 g/mol. The highest BCUT2D eigenvalue weighted by atomic mass is 35.5. The largest absolute Gasteiger partial charge is 0.516 e. The van der Waals surface area contributed by atoms with Crippen LogP contribution >= 0.6 is 11.6 Å². The number of aryl methyl sites for hydroxylation is 2. The summed E-state index contributed by atoms with van der Waals surface area (Å²) in [6.07, 6.45) is -4.34. The third-order valence-corrected chi connectivity index (χ3v) is 9.40. The lowest BCUT2D eigenvalue weighted by Gasteiger charge is -2.26. The fourth-order valence-electron chi connectivity index (χ4n) is 5.71. The Kier molecular flexibility index (Phi) is 13.8. The number of carbonyl (C=O) groups excluding carboxylic acids is 2. The Bertz CT molecular complexity index is 1980. The minimum Gasteiger partial charge on any atom is -0.469 e. The van der Waals surface area contributed by atoms with Gasteiger partial charge in [0.1, 0.15) is 11.2 Å². The highest BCUT2D eigenvalue weighted by molar-refractivity contribution is 7.93. The first-order chi connectivity index (χ1) is 24.3. The fraction of sp³-hybridized carbons (Fsp3) is 0.471. The van der Waals surface area contributed by atoms with Gasteiger partial charge in [0, 0.05) is 24.5 Å². The third-order valence-electron chi connectivity index (χ3n) is 8.09. The van der Waals surface area contributed by atoms with Crippen molar-refractivity contribution in [3.63, 3.8) is 0 Å². The number of sulfonamides is 1. The average molecular weight is 796 g/mol. The molecule has 292 valence electrons. The second kappa shape index (κ2) is 16.9. The van der Waals surface area contributed by atoms with Crippen LogP contribution in [0.1, 0.15) is 66.7 Å². The number of pyridine rings is 2. The number of methoxy groups -OCH3 is 1. The molecule has 0 saturated heterocycles. The second-order valence-electron chi connectivity index (χ2n) is 13.1. The van der Waals surface area contributed by atoms with Crippen LogP contribution in [0.25, 0.3) is 11.1 Å². The van der Waals surface area contributed by atoms with E-state index in [2.05, 4.69) is 10.3 Å². The molecule has 0 spiro atoms. The number of rotatable bonds is 14. The summed E-state index contributed by atoms with van der Waals surface area (Å²) in [5.74, 6) is -1.83. The van der Waals surface area contributed by atoms with E-state index in [0.717, 1.165) is 17.9 Å². The number of anilines is 1. The normalized spacial score (nSPS) is 13.6. The van der Waals surface area contributed by atoms with Crippen LogP contribution in [0.15, 0.2) is 41.3 Å². The molecule has 53 heavy (non-hydrogen) atoms. The first kappa shape index (κ1) is 43.2. The number of halogens is 7. The van der Waals surface area contributed by atoms with Crippen LogP contribution in [0.4, 0.5) is 32.0 Å². The van der Waals surface area contributed by atoms with E-state index in [4.69, 9.17) is 16.3 Å². The Hall–Kier alpha value is -4.16. The number of amides is 1. The molecule has 3 aromatic rings. The van der Waals surface area contributed by atoms with Gasteiger partial charge in [-0.15, -0.1) is 0 Å². The van der Waals surface area contributed by atoms with Crippen molar-refractivity contribution >= 4 is 39.2 Å². The van der Waals surface area contributed by atoms with Crippen LogP contribution in [0.5, 0.6) is 0 Å². The van der Waals surface area contributed by atoms with Crippen molar-refractivity contribution in [1.29, 1.82) is 0 Å². The molecule has 0 fully saturated rings. The Morgan fingerprint density at radius 3 is 2.13 bits per heavy atom. The van der Waals surface area contributed by atoms with E-state index in [0.29, 0.717) is 28.3 Å². The monoisotopic (exact) mass is 795 g/mol. The summed E-state index contributed by atoms with van der Waals surface area (Å²) in [5.41, 5.74) is -6.82. The summed E-state index contributed by atoms with van der Waals surface area (Å²) < 4.78 is 112. The number of aromatic nitrogens is 2. The lowest BCUT2D eigenvalue weighted by atomic mass is 9.94. The lowest BCUT2D eigenvalue weighted by molar-refractivity contribution is -0.141. The van der Waals surface area contributed by atoms with Gasteiger partial charge in [0.05, 0.1) is 30.8 Å². The minimum atomic E-state index is -5.71. The number of hydrogen-bond donors (Lipinski definition) is 2. The molecule has 3 rings (SSSR count). The number of nitrogens with zero attached hydrogens (tertiary/aromatic N) is 3. The van der Waals surface area contributed by atoms with Gasteiger partial charge in [-0.05, 0) is 98.8 Å². The molecule has 1 aromatic carbocycles. The molecule has 1 unspecified atom stereocenters. The van der Waals surface area contributed by atoms with Crippen molar-refractivity contribution in [2.75, 3.05) is 32.5 Å². The van der Waals surface area contributed by atoms with E-state index < -0.39 is 63.2 Å². The summed E-state index contributed by atoms with van der Waals surface area (Å²) in [6.45, 7) is 6.75. The molecule has 2 N–H and O–H groups in total. The Morgan fingerprint density at radius 1 is 1.02 bits per heavy atom. The first-order valence-corrected chi connectivity index (χ1v) is 17.9. The maximum Gasteiger partial charge on any atom is 0.516 e. The van der Waals surface area contributed by atoms with Crippen molar-refractivity contribution in [3.8, 4) is 11.1 Å². The van der Waals surface area contributed by atoms with Crippen molar-refractivity contribution in [3.05, 3.63) is 80.0 Å². The summed E-state index contributed by atoms with van der Waals surface area (Å²) in [6, 6.07) is 3.12. The molecule has 11 nitrogen and oxygen atoms in total. The number of ether oxygens (including phenoxy) is 1. The van der Waals surface area contributed by atoms with Gasteiger partial charge in [-0.2, -0.15) is 34.8 Å². The van der Waals surface area contributed by atoms with Gasteiger partial charge in [0.15, 0.2) is 0 Å². The molecular formula is C34H40ClF6N5O6S. The standard InChI is InChI=1S/C34H40ClF6N5O6S/c1-18(2)10-27(46-17-21(8-9-45(5)6)24(15-29(46)47)33(36,37)38)32(49)43-26(16-30(48)52-7)25-13-22(14-28(35)42-25)31-19(3)11-23(12-20(31)4)44-53(50,51)34(39,40)41/h11-15,17-18,26-27,44H,8-10,16H2,1-7H3,(H,43,49)/t26-,27?/m0/s1. The summed E-state index contributed by atoms with van der Waals surface area (Å²) in [4.78, 5) is 45.8. The molecule has 0 saturated carbocycles. The summed E-state index contributed by atoms with van der Waals surface area (Å²) in [5, 5.41) is 2.57.